The summed E-state index contributed by atoms with van der Waals surface area (Å²) in [7, 11) is 0. The van der Waals surface area contributed by atoms with Crippen molar-refractivity contribution in [1.29, 1.82) is 0 Å². The van der Waals surface area contributed by atoms with Gasteiger partial charge in [-0.2, -0.15) is 0 Å². The van der Waals surface area contributed by atoms with E-state index in [1.54, 1.807) is 0 Å². The maximum atomic E-state index is 13.0. The van der Waals surface area contributed by atoms with E-state index in [4.69, 9.17) is 23.7 Å². The molecule has 2 aliphatic rings. The van der Waals surface area contributed by atoms with Gasteiger partial charge in [-0.25, -0.2) is 0 Å². The second-order valence-electron chi connectivity index (χ2n) is 16.1. The number of carbonyl (C=O) groups excluding carboxylic acids is 2. The molecule has 0 amide bonds. The summed E-state index contributed by atoms with van der Waals surface area (Å²) in [5.41, 5.74) is 0. The summed E-state index contributed by atoms with van der Waals surface area (Å²) < 4.78 is 28.7. The van der Waals surface area contributed by atoms with Crippen LogP contribution in [0.5, 0.6) is 0 Å². The molecule has 9 atom stereocenters. The highest BCUT2D eigenvalue weighted by atomic mass is 16.8. The van der Waals surface area contributed by atoms with Crippen molar-refractivity contribution in [3.63, 3.8) is 0 Å². The van der Waals surface area contributed by atoms with Gasteiger partial charge in [0, 0.05) is 12.8 Å². The summed E-state index contributed by atoms with van der Waals surface area (Å²) in [6.07, 6.45) is 18.3. The molecule has 0 aromatic rings. The Hall–Kier alpha value is -1.68. The first-order valence-corrected chi connectivity index (χ1v) is 22.6. The van der Waals surface area contributed by atoms with Gasteiger partial charge in [0.05, 0.1) is 13.2 Å². The monoisotopic (exact) mass is 817 g/mol. The molecular formula is C44H80O13. The fourth-order valence-electron chi connectivity index (χ4n) is 7.57. The maximum Gasteiger partial charge on any atom is 0.306 e. The third-order valence-corrected chi connectivity index (χ3v) is 11.2. The average Bonchev–Trinajstić information content (AvgIpc) is 3.47. The zero-order valence-corrected chi connectivity index (χ0v) is 35.3. The highest BCUT2D eigenvalue weighted by Gasteiger charge is 2.61. The van der Waals surface area contributed by atoms with Crippen LogP contribution in [0.1, 0.15) is 181 Å². The zero-order valence-electron chi connectivity index (χ0n) is 35.3. The van der Waals surface area contributed by atoms with Crippen LogP contribution in [0.15, 0.2) is 12.2 Å². The van der Waals surface area contributed by atoms with Crippen LogP contribution in [0.3, 0.4) is 0 Å². The lowest BCUT2D eigenvalue weighted by atomic mass is 9.98. The van der Waals surface area contributed by atoms with Crippen molar-refractivity contribution in [3.8, 4) is 0 Å². The molecule has 0 radical (unpaired) electrons. The second-order valence-corrected chi connectivity index (χ2v) is 16.1. The van der Waals surface area contributed by atoms with E-state index in [9.17, 15) is 40.2 Å². The molecule has 2 saturated heterocycles. The number of aliphatic hydroxyl groups is 6. The molecule has 334 valence electrons. The lowest BCUT2D eigenvalue weighted by Crippen LogP contribution is -2.64. The summed E-state index contributed by atoms with van der Waals surface area (Å²) in [6.45, 7) is 2.00. The highest BCUT2D eigenvalue weighted by Crippen LogP contribution is 2.38. The number of allylic oxidation sites excluding steroid dienone is 2. The van der Waals surface area contributed by atoms with Crippen molar-refractivity contribution in [2.24, 2.45) is 0 Å². The van der Waals surface area contributed by atoms with Gasteiger partial charge >= 0.3 is 11.9 Å². The quantitative estimate of drug-likeness (QED) is 0.0236. The van der Waals surface area contributed by atoms with E-state index < -0.39 is 86.6 Å². The fraction of sp³-hybridized carbons (Fsp3) is 0.909. The first-order valence-electron chi connectivity index (χ1n) is 22.6. The molecule has 0 bridgehead atoms. The van der Waals surface area contributed by atoms with Crippen LogP contribution in [0.2, 0.25) is 0 Å². The number of hydrogen-bond donors (Lipinski definition) is 6. The number of ether oxygens (including phenoxy) is 5. The molecule has 0 aromatic carbocycles. The molecular weight excluding hydrogens is 736 g/mol. The van der Waals surface area contributed by atoms with Crippen LogP contribution in [-0.2, 0) is 33.3 Å². The van der Waals surface area contributed by atoms with Crippen molar-refractivity contribution >= 4 is 11.9 Å². The van der Waals surface area contributed by atoms with E-state index in [1.165, 1.54) is 77.0 Å². The molecule has 13 heteroatoms. The number of esters is 2. The van der Waals surface area contributed by atoms with Gasteiger partial charge in [0.2, 0.25) is 12.1 Å². The van der Waals surface area contributed by atoms with Crippen LogP contribution in [0, 0.1) is 0 Å². The first-order chi connectivity index (χ1) is 27.7. The van der Waals surface area contributed by atoms with Crippen molar-refractivity contribution < 1.29 is 63.9 Å². The molecule has 0 saturated carbocycles. The predicted octanol–water partition coefficient (Wildman–Crippen LogP) is 6.44. The van der Waals surface area contributed by atoms with E-state index in [0.29, 0.717) is 12.8 Å². The number of hydrogen-bond acceptors (Lipinski definition) is 13. The Balaban J connectivity index is 1.88. The van der Waals surface area contributed by atoms with Crippen molar-refractivity contribution in [1.82, 2.24) is 0 Å². The zero-order chi connectivity index (χ0) is 41.7. The van der Waals surface area contributed by atoms with Crippen molar-refractivity contribution in [3.05, 3.63) is 12.2 Å². The van der Waals surface area contributed by atoms with Gasteiger partial charge in [0.1, 0.15) is 37.1 Å². The molecule has 6 N–H and O–H groups in total. The molecule has 2 rings (SSSR count). The SMILES string of the molecule is CCCCCCCC/C=C\CCCCCCCC(=O)O[C@H]1[C@H](O)[C@@H](CO)O[C@@]1(CO)O[C@H]1O[C@H](CO)[C@@H](O)[C@H](O)[C@H]1OC(=O)CCCCCCCCCCCCC. The summed E-state index contributed by atoms with van der Waals surface area (Å²) in [4.78, 5) is 26.0. The standard InChI is InChI=1S/C44H80O13/c1-3-5-7-9-11-13-15-16-17-18-20-22-24-26-28-30-37(49)55-42-39(51)35(32-46)56-44(42,33-47)57-43-41(40(52)38(50)34(31-45)53-43)54-36(48)29-27-25-23-21-19-14-12-10-8-6-4-2/h16-17,34-35,38-43,45-47,50-52H,3-15,18-33H2,1-2H3/b17-16-/t34-,35-,38-,39-,40+,41-,42+,43-,44+/m1/s1. The molecule has 2 fully saturated rings. The minimum Gasteiger partial charge on any atom is -0.454 e. The Morgan fingerprint density at radius 3 is 1.46 bits per heavy atom. The van der Waals surface area contributed by atoms with Gasteiger partial charge in [-0.05, 0) is 38.5 Å². The van der Waals surface area contributed by atoms with Crippen LogP contribution >= 0.6 is 0 Å². The minimum atomic E-state index is -2.31. The van der Waals surface area contributed by atoms with Crippen LogP contribution in [0.4, 0.5) is 0 Å². The normalized spacial score (nSPS) is 27.6. The van der Waals surface area contributed by atoms with Gasteiger partial charge in [-0.1, -0.05) is 142 Å². The number of unbranched alkanes of at least 4 members (excludes halogenated alkanes) is 21. The first kappa shape index (κ1) is 51.5. The Morgan fingerprint density at radius 1 is 0.561 bits per heavy atom. The van der Waals surface area contributed by atoms with E-state index in [1.807, 2.05) is 0 Å². The molecule has 0 aliphatic carbocycles. The lowest BCUT2D eigenvalue weighted by molar-refractivity contribution is -0.384. The third-order valence-electron chi connectivity index (χ3n) is 11.2. The topological polar surface area (TPSA) is 202 Å². The molecule has 13 nitrogen and oxygen atoms in total. The Morgan fingerprint density at radius 2 is 1.00 bits per heavy atom. The van der Waals surface area contributed by atoms with Crippen molar-refractivity contribution in [2.75, 3.05) is 19.8 Å². The van der Waals surface area contributed by atoms with E-state index in [-0.39, 0.29) is 12.8 Å². The highest BCUT2D eigenvalue weighted by molar-refractivity contribution is 5.70. The number of aliphatic hydroxyl groups excluding tert-OH is 6. The summed E-state index contributed by atoms with van der Waals surface area (Å²) in [5, 5.41) is 63.0. The van der Waals surface area contributed by atoms with Gasteiger partial charge in [0.15, 0.2) is 12.2 Å². The second kappa shape index (κ2) is 31.2. The molecule has 0 unspecified atom stereocenters. The van der Waals surface area contributed by atoms with Gasteiger partial charge in [-0.15, -0.1) is 0 Å². The predicted molar refractivity (Wildman–Crippen MR) is 217 cm³/mol. The minimum absolute atomic E-state index is 0.0311. The summed E-state index contributed by atoms with van der Waals surface area (Å²) >= 11 is 0. The van der Waals surface area contributed by atoms with Gasteiger partial charge in [0.25, 0.3) is 0 Å². The molecule has 2 aliphatic heterocycles. The van der Waals surface area contributed by atoms with Crippen LogP contribution < -0.4 is 0 Å². The van der Waals surface area contributed by atoms with Crippen LogP contribution in [-0.4, -0.2) is 117 Å². The molecule has 0 spiro atoms. The van der Waals surface area contributed by atoms with E-state index in [2.05, 4.69) is 26.0 Å². The third kappa shape index (κ3) is 19.5. The lowest BCUT2D eigenvalue weighted by Gasteiger charge is -2.44. The largest absolute Gasteiger partial charge is 0.454 e. The fourth-order valence-corrected chi connectivity index (χ4v) is 7.57. The Kier molecular flexibility index (Phi) is 28.2. The smallest absolute Gasteiger partial charge is 0.306 e. The maximum absolute atomic E-state index is 13.0. The number of carbonyl (C=O) groups is 2. The van der Waals surface area contributed by atoms with E-state index in [0.717, 1.165) is 64.2 Å². The van der Waals surface area contributed by atoms with Gasteiger partial charge < -0.3 is 54.3 Å². The summed E-state index contributed by atoms with van der Waals surface area (Å²) in [6, 6.07) is 0. The van der Waals surface area contributed by atoms with E-state index >= 15 is 0 Å². The summed E-state index contributed by atoms with van der Waals surface area (Å²) in [5.74, 6) is -3.66. The van der Waals surface area contributed by atoms with Crippen LogP contribution in [0.25, 0.3) is 0 Å². The Bertz CT molecular complexity index is 1060. The Labute approximate surface area is 342 Å². The van der Waals surface area contributed by atoms with Crippen molar-refractivity contribution in [2.45, 2.75) is 236 Å². The molecule has 2 heterocycles. The van der Waals surface area contributed by atoms with Gasteiger partial charge in [-0.3, -0.25) is 9.59 Å². The average molecular weight is 817 g/mol. The number of rotatable bonds is 34. The molecule has 0 aromatic heterocycles. The molecule has 57 heavy (non-hydrogen) atoms.